The van der Waals surface area contributed by atoms with E-state index in [0.717, 1.165) is 24.6 Å². The number of thioether (sulfide) groups is 1. The maximum Gasteiger partial charge on any atom is 0.234 e. The van der Waals surface area contributed by atoms with Crippen molar-refractivity contribution in [3.05, 3.63) is 63.4 Å². The van der Waals surface area contributed by atoms with Crippen molar-refractivity contribution >= 4 is 58.2 Å². The summed E-state index contributed by atoms with van der Waals surface area (Å²) >= 11 is 19.4. The van der Waals surface area contributed by atoms with Gasteiger partial charge in [0.05, 0.1) is 25.5 Å². The SMILES string of the molecule is O=C(CSc1nnc(CN2CCOCC2)n1-c1ccc(Cl)cc1)Nc1cc(Cl)cc(Cl)c1. The number of ether oxygens (including phenoxy) is 1. The second-order valence-electron chi connectivity index (χ2n) is 7.09. The van der Waals surface area contributed by atoms with Crippen molar-refractivity contribution in [2.24, 2.45) is 0 Å². The van der Waals surface area contributed by atoms with E-state index in [1.54, 1.807) is 18.2 Å². The first-order valence-corrected chi connectivity index (χ1v) is 12.0. The molecule has 3 aromatic rings. The van der Waals surface area contributed by atoms with Crippen molar-refractivity contribution < 1.29 is 9.53 Å². The Labute approximate surface area is 205 Å². The zero-order valence-electron chi connectivity index (χ0n) is 16.9. The van der Waals surface area contributed by atoms with E-state index in [0.29, 0.717) is 45.7 Å². The maximum atomic E-state index is 12.5. The van der Waals surface area contributed by atoms with Crippen LogP contribution in [0.15, 0.2) is 47.6 Å². The van der Waals surface area contributed by atoms with Crippen LogP contribution in [0.2, 0.25) is 15.1 Å². The number of hydrogen-bond acceptors (Lipinski definition) is 6. The van der Waals surface area contributed by atoms with E-state index in [4.69, 9.17) is 39.5 Å². The Balaban J connectivity index is 1.50. The predicted molar refractivity (Wildman–Crippen MR) is 128 cm³/mol. The van der Waals surface area contributed by atoms with Crippen LogP contribution in [0, 0.1) is 0 Å². The lowest BCUT2D eigenvalue weighted by atomic mass is 10.3. The van der Waals surface area contributed by atoms with E-state index in [1.165, 1.54) is 11.8 Å². The quantitative estimate of drug-likeness (QED) is 0.459. The van der Waals surface area contributed by atoms with Crippen LogP contribution in [0.4, 0.5) is 5.69 Å². The highest BCUT2D eigenvalue weighted by Crippen LogP contribution is 2.26. The number of anilines is 1. The molecule has 1 N–H and O–H groups in total. The van der Waals surface area contributed by atoms with Gasteiger partial charge in [-0.1, -0.05) is 46.6 Å². The van der Waals surface area contributed by atoms with Gasteiger partial charge >= 0.3 is 0 Å². The molecule has 0 atom stereocenters. The van der Waals surface area contributed by atoms with E-state index >= 15 is 0 Å². The zero-order valence-corrected chi connectivity index (χ0v) is 20.0. The van der Waals surface area contributed by atoms with Crippen molar-refractivity contribution in [2.45, 2.75) is 11.7 Å². The number of hydrogen-bond donors (Lipinski definition) is 1. The summed E-state index contributed by atoms with van der Waals surface area (Å²) < 4.78 is 7.39. The second kappa shape index (κ2) is 10.9. The van der Waals surface area contributed by atoms with E-state index in [-0.39, 0.29) is 11.7 Å². The molecule has 0 radical (unpaired) electrons. The molecule has 0 aliphatic carbocycles. The first-order valence-electron chi connectivity index (χ1n) is 9.87. The standard InChI is InChI=1S/C21H20Cl3N5O2S/c22-14-1-3-18(4-2-14)29-19(12-28-5-7-31-8-6-28)26-27-21(29)32-13-20(30)25-17-10-15(23)9-16(24)11-17/h1-4,9-11H,5-8,12-13H2,(H,25,30). The fraction of sp³-hybridized carbons (Fsp3) is 0.286. The first-order chi connectivity index (χ1) is 15.5. The number of nitrogens with zero attached hydrogens (tertiary/aromatic N) is 4. The lowest BCUT2D eigenvalue weighted by Crippen LogP contribution is -2.36. The molecule has 1 aliphatic heterocycles. The Morgan fingerprint density at radius 3 is 2.38 bits per heavy atom. The smallest absolute Gasteiger partial charge is 0.234 e. The molecule has 0 bridgehead atoms. The van der Waals surface area contributed by atoms with E-state index in [9.17, 15) is 4.79 Å². The Morgan fingerprint density at radius 1 is 1.00 bits per heavy atom. The molecule has 32 heavy (non-hydrogen) atoms. The molecule has 1 fully saturated rings. The molecule has 1 saturated heterocycles. The maximum absolute atomic E-state index is 12.5. The summed E-state index contributed by atoms with van der Waals surface area (Å²) in [6.45, 7) is 3.70. The average Bonchev–Trinajstić information content (AvgIpc) is 3.15. The molecule has 7 nitrogen and oxygen atoms in total. The molecule has 168 valence electrons. The van der Waals surface area contributed by atoms with Gasteiger partial charge in [-0.25, -0.2) is 0 Å². The van der Waals surface area contributed by atoms with Crippen molar-refractivity contribution in [1.29, 1.82) is 0 Å². The highest BCUT2D eigenvalue weighted by Gasteiger charge is 2.20. The molecule has 0 spiro atoms. The number of carbonyl (C=O) groups excluding carboxylic acids is 1. The van der Waals surface area contributed by atoms with Crippen LogP contribution in [-0.2, 0) is 16.1 Å². The monoisotopic (exact) mass is 511 g/mol. The summed E-state index contributed by atoms with van der Waals surface area (Å²) in [7, 11) is 0. The van der Waals surface area contributed by atoms with Gasteiger partial charge in [0.1, 0.15) is 0 Å². The van der Waals surface area contributed by atoms with Crippen molar-refractivity contribution in [2.75, 3.05) is 37.4 Å². The number of benzene rings is 2. The molecule has 2 aromatic carbocycles. The van der Waals surface area contributed by atoms with Crippen LogP contribution >= 0.6 is 46.6 Å². The molecule has 0 unspecified atom stereocenters. The van der Waals surface area contributed by atoms with Crippen LogP contribution in [0.25, 0.3) is 5.69 Å². The number of aromatic nitrogens is 3. The number of amides is 1. The van der Waals surface area contributed by atoms with Gasteiger partial charge in [-0.15, -0.1) is 10.2 Å². The summed E-state index contributed by atoms with van der Waals surface area (Å²) in [4.78, 5) is 14.8. The Hall–Kier alpha value is -1.81. The van der Waals surface area contributed by atoms with Gasteiger partial charge in [0, 0.05) is 39.5 Å². The van der Waals surface area contributed by atoms with E-state index in [1.807, 2.05) is 28.8 Å². The highest BCUT2D eigenvalue weighted by atomic mass is 35.5. The summed E-state index contributed by atoms with van der Waals surface area (Å²) in [5.41, 5.74) is 1.42. The fourth-order valence-corrected chi connectivity index (χ4v) is 4.68. The van der Waals surface area contributed by atoms with Crippen LogP contribution in [0.3, 0.4) is 0 Å². The van der Waals surface area contributed by atoms with Crippen molar-refractivity contribution in [3.8, 4) is 5.69 Å². The third-order valence-corrected chi connectivity index (χ3v) is 6.35. The molecule has 0 saturated carbocycles. The minimum atomic E-state index is -0.200. The first kappa shape index (κ1) is 23.4. The van der Waals surface area contributed by atoms with Crippen LogP contribution in [0.5, 0.6) is 0 Å². The lowest BCUT2D eigenvalue weighted by Gasteiger charge is -2.26. The molecule has 4 rings (SSSR count). The topological polar surface area (TPSA) is 72.3 Å². The van der Waals surface area contributed by atoms with Crippen LogP contribution in [-0.4, -0.2) is 57.6 Å². The van der Waals surface area contributed by atoms with Gasteiger partial charge < -0.3 is 10.1 Å². The summed E-state index contributed by atoms with van der Waals surface area (Å²) in [5.74, 6) is 0.736. The minimum absolute atomic E-state index is 0.146. The molecule has 1 aliphatic rings. The molecular weight excluding hydrogens is 493 g/mol. The number of nitrogens with one attached hydrogen (secondary N) is 1. The molecule has 1 amide bonds. The molecule has 11 heteroatoms. The zero-order chi connectivity index (χ0) is 22.5. The average molecular weight is 513 g/mol. The number of rotatable bonds is 7. The highest BCUT2D eigenvalue weighted by molar-refractivity contribution is 7.99. The molecular formula is C21H20Cl3N5O2S. The Kier molecular flexibility index (Phi) is 7.93. The number of carbonyl (C=O) groups is 1. The van der Waals surface area contributed by atoms with Gasteiger partial charge in [-0.2, -0.15) is 0 Å². The number of halogens is 3. The minimum Gasteiger partial charge on any atom is -0.379 e. The van der Waals surface area contributed by atoms with E-state index in [2.05, 4.69) is 20.4 Å². The van der Waals surface area contributed by atoms with Gasteiger partial charge in [0.25, 0.3) is 0 Å². The van der Waals surface area contributed by atoms with E-state index < -0.39 is 0 Å². The van der Waals surface area contributed by atoms with Crippen molar-refractivity contribution in [3.63, 3.8) is 0 Å². The molecule has 2 heterocycles. The molecule has 1 aromatic heterocycles. The van der Waals surface area contributed by atoms with Gasteiger partial charge in [-0.05, 0) is 42.5 Å². The third-order valence-electron chi connectivity index (χ3n) is 4.73. The number of morpholine rings is 1. The second-order valence-corrected chi connectivity index (χ2v) is 9.35. The van der Waals surface area contributed by atoms with Gasteiger partial charge in [0.15, 0.2) is 11.0 Å². The summed E-state index contributed by atoms with van der Waals surface area (Å²) in [6.07, 6.45) is 0. The summed E-state index contributed by atoms with van der Waals surface area (Å²) in [6, 6.07) is 12.4. The van der Waals surface area contributed by atoms with Gasteiger partial charge in [0.2, 0.25) is 5.91 Å². The Bertz CT molecular complexity index is 1070. The van der Waals surface area contributed by atoms with Gasteiger partial charge in [-0.3, -0.25) is 14.3 Å². The predicted octanol–water partition coefficient (Wildman–Crippen LogP) is 4.79. The fourth-order valence-electron chi connectivity index (χ4n) is 3.26. The largest absolute Gasteiger partial charge is 0.379 e. The summed E-state index contributed by atoms with van der Waals surface area (Å²) in [5, 5.41) is 13.7. The van der Waals surface area contributed by atoms with Crippen LogP contribution in [0.1, 0.15) is 5.82 Å². The normalized spacial score (nSPS) is 14.5. The van der Waals surface area contributed by atoms with Crippen LogP contribution < -0.4 is 5.32 Å². The Morgan fingerprint density at radius 2 is 1.69 bits per heavy atom. The van der Waals surface area contributed by atoms with Crippen molar-refractivity contribution in [1.82, 2.24) is 19.7 Å². The lowest BCUT2D eigenvalue weighted by molar-refractivity contribution is -0.113. The third kappa shape index (κ3) is 6.15.